The van der Waals surface area contributed by atoms with Gasteiger partial charge in [-0.2, -0.15) is 0 Å². The van der Waals surface area contributed by atoms with E-state index >= 15 is 0 Å². The summed E-state index contributed by atoms with van der Waals surface area (Å²) in [6, 6.07) is 18.0. The Bertz CT molecular complexity index is 500. The van der Waals surface area contributed by atoms with Gasteiger partial charge in [-0.15, -0.1) is 0 Å². The maximum absolute atomic E-state index is 9.10. The van der Waals surface area contributed by atoms with E-state index < -0.39 is 0 Å². The molecule has 0 aromatic heterocycles. The van der Waals surface area contributed by atoms with Crippen molar-refractivity contribution in [3.05, 3.63) is 71.3 Å². The van der Waals surface area contributed by atoms with Gasteiger partial charge in [-0.3, -0.25) is 0 Å². The van der Waals surface area contributed by atoms with E-state index in [1.54, 1.807) is 0 Å². The minimum atomic E-state index is 0.639. The zero-order valence-corrected chi connectivity index (χ0v) is 9.80. The summed E-state index contributed by atoms with van der Waals surface area (Å²) in [5, 5.41) is 12.5. The number of aryl methyl sites for hydroxylation is 1. The monoisotopic (exact) mass is 225 g/mol. The average molecular weight is 225 g/mol. The van der Waals surface area contributed by atoms with Crippen molar-refractivity contribution in [2.75, 3.05) is 0 Å². The number of rotatable bonds is 3. The fourth-order valence-electron chi connectivity index (χ4n) is 1.73. The topological polar surface area (TPSA) is 32.6 Å². The highest BCUT2D eigenvalue weighted by Crippen LogP contribution is 2.09. The Labute approximate surface area is 101 Å². The Balaban J connectivity index is 2.21. The fourth-order valence-corrected chi connectivity index (χ4v) is 1.73. The molecule has 17 heavy (non-hydrogen) atoms. The number of hydrogen-bond acceptors (Lipinski definition) is 2. The summed E-state index contributed by atoms with van der Waals surface area (Å²) in [5.74, 6) is 0. The van der Waals surface area contributed by atoms with Gasteiger partial charge in [-0.25, -0.2) is 0 Å². The van der Waals surface area contributed by atoms with Gasteiger partial charge in [0.15, 0.2) is 0 Å². The molecule has 2 aromatic rings. The molecule has 2 heteroatoms. The molecule has 2 rings (SSSR count). The standard InChI is InChI=1S/C15H15NO/c1-12-7-9-14(10-8-12)15(16-17)11-13-5-3-2-4-6-13/h2-10,17H,11H2,1H3. The number of benzene rings is 2. The maximum Gasteiger partial charge on any atom is 0.0911 e. The van der Waals surface area contributed by atoms with Crippen LogP contribution in [0, 0.1) is 6.92 Å². The normalized spacial score (nSPS) is 11.5. The van der Waals surface area contributed by atoms with Gasteiger partial charge in [0.25, 0.3) is 0 Å². The van der Waals surface area contributed by atoms with Crippen molar-refractivity contribution in [3.63, 3.8) is 0 Å². The van der Waals surface area contributed by atoms with Crippen LogP contribution in [0.2, 0.25) is 0 Å². The average Bonchev–Trinajstić information content (AvgIpc) is 2.38. The number of nitrogens with zero attached hydrogens (tertiary/aromatic N) is 1. The quantitative estimate of drug-likeness (QED) is 0.484. The summed E-state index contributed by atoms with van der Waals surface area (Å²) < 4.78 is 0. The lowest BCUT2D eigenvalue weighted by Gasteiger charge is -2.05. The highest BCUT2D eigenvalue weighted by atomic mass is 16.4. The number of oxime groups is 1. The lowest BCUT2D eigenvalue weighted by atomic mass is 10.0. The molecular formula is C15H15NO. The van der Waals surface area contributed by atoms with E-state index in [0.29, 0.717) is 12.1 Å². The largest absolute Gasteiger partial charge is 0.411 e. The van der Waals surface area contributed by atoms with Crippen molar-refractivity contribution in [3.8, 4) is 0 Å². The van der Waals surface area contributed by atoms with Crippen LogP contribution in [0.15, 0.2) is 59.8 Å². The van der Waals surface area contributed by atoms with Crippen LogP contribution in [-0.2, 0) is 6.42 Å². The van der Waals surface area contributed by atoms with Gasteiger partial charge in [0.2, 0.25) is 0 Å². The third-order valence-electron chi connectivity index (χ3n) is 2.72. The zero-order valence-electron chi connectivity index (χ0n) is 9.80. The molecule has 0 unspecified atom stereocenters. The predicted molar refractivity (Wildman–Crippen MR) is 69.6 cm³/mol. The molecule has 2 aromatic carbocycles. The van der Waals surface area contributed by atoms with E-state index in [1.807, 2.05) is 61.5 Å². The van der Waals surface area contributed by atoms with Gasteiger partial charge < -0.3 is 5.21 Å². The molecule has 2 nitrogen and oxygen atoms in total. The number of hydrogen-bond donors (Lipinski definition) is 1. The van der Waals surface area contributed by atoms with E-state index in [2.05, 4.69) is 5.16 Å². The van der Waals surface area contributed by atoms with Crippen molar-refractivity contribution in [2.24, 2.45) is 5.16 Å². The molecule has 0 aliphatic rings. The third-order valence-corrected chi connectivity index (χ3v) is 2.72. The van der Waals surface area contributed by atoms with Crippen LogP contribution < -0.4 is 0 Å². The molecule has 0 radical (unpaired) electrons. The second-order valence-corrected chi connectivity index (χ2v) is 4.08. The SMILES string of the molecule is Cc1ccc(C(Cc2ccccc2)=NO)cc1. The van der Waals surface area contributed by atoms with Crippen LogP contribution >= 0.6 is 0 Å². The van der Waals surface area contributed by atoms with Gasteiger partial charge in [0.05, 0.1) is 5.71 Å². The lowest BCUT2D eigenvalue weighted by molar-refractivity contribution is 0.318. The van der Waals surface area contributed by atoms with E-state index in [4.69, 9.17) is 5.21 Å². The van der Waals surface area contributed by atoms with E-state index in [0.717, 1.165) is 11.1 Å². The predicted octanol–water partition coefficient (Wildman–Crippen LogP) is 3.42. The highest BCUT2D eigenvalue weighted by molar-refractivity contribution is 6.01. The summed E-state index contributed by atoms with van der Waals surface area (Å²) >= 11 is 0. The van der Waals surface area contributed by atoms with Crippen molar-refractivity contribution in [2.45, 2.75) is 13.3 Å². The van der Waals surface area contributed by atoms with Crippen LogP contribution in [0.3, 0.4) is 0 Å². The molecule has 0 aliphatic heterocycles. The van der Waals surface area contributed by atoms with E-state index in [9.17, 15) is 0 Å². The first-order valence-electron chi connectivity index (χ1n) is 5.61. The Kier molecular flexibility index (Phi) is 3.55. The second kappa shape index (κ2) is 5.30. The van der Waals surface area contributed by atoms with Gasteiger partial charge in [0.1, 0.15) is 0 Å². The van der Waals surface area contributed by atoms with Crippen LogP contribution in [0.4, 0.5) is 0 Å². The van der Waals surface area contributed by atoms with Gasteiger partial charge >= 0.3 is 0 Å². The molecule has 0 heterocycles. The molecule has 0 atom stereocenters. The molecule has 0 saturated heterocycles. The molecule has 0 bridgehead atoms. The molecule has 0 amide bonds. The first kappa shape index (κ1) is 11.4. The minimum Gasteiger partial charge on any atom is -0.411 e. The molecule has 0 aliphatic carbocycles. The van der Waals surface area contributed by atoms with Crippen molar-refractivity contribution in [1.82, 2.24) is 0 Å². The summed E-state index contributed by atoms with van der Waals surface area (Å²) in [6.07, 6.45) is 0.639. The molecule has 86 valence electrons. The summed E-state index contributed by atoms with van der Waals surface area (Å²) in [5.41, 5.74) is 3.99. The van der Waals surface area contributed by atoms with Gasteiger partial charge in [-0.05, 0) is 18.1 Å². The summed E-state index contributed by atoms with van der Waals surface area (Å²) in [7, 11) is 0. The highest BCUT2D eigenvalue weighted by Gasteiger charge is 2.05. The van der Waals surface area contributed by atoms with Crippen LogP contribution in [0.25, 0.3) is 0 Å². The zero-order chi connectivity index (χ0) is 12.1. The Hall–Kier alpha value is -2.09. The van der Waals surface area contributed by atoms with Crippen LogP contribution in [0.5, 0.6) is 0 Å². The molecule has 0 spiro atoms. The third kappa shape index (κ3) is 2.94. The van der Waals surface area contributed by atoms with Crippen molar-refractivity contribution in [1.29, 1.82) is 0 Å². The molecule has 1 N–H and O–H groups in total. The van der Waals surface area contributed by atoms with Crippen LogP contribution in [0.1, 0.15) is 16.7 Å². The first-order chi connectivity index (χ1) is 8.29. The van der Waals surface area contributed by atoms with E-state index in [-0.39, 0.29) is 0 Å². The summed E-state index contributed by atoms with van der Waals surface area (Å²) in [6.45, 7) is 2.04. The van der Waals surface area contributed by atoms with Gasteiger partial charge in [-0.1, -0.05) is 65.3 Å². The second-order valence-electron chi connectivity index (χ2n) is 4.08. The fraction of sp³-hybridized carbons (Fsp3) is 0.133. The Morgan fingerprint density at radius 2 is 1.65 bits per heavy atom. The van der Waals surface area contributed by atoms with Crippen molar-refractivity contribution >= 4 is 5.71 Å². The van der Waals surface area contributed by atoms with E-state index in [1.165, 1.54) is 5.56 Å². The molecular weight excluding hydrogens is 210 g/mol. The summed E-state index contributed by atoms with van der Waals surface area (Å²) in [4.78, 5) is 0. The van der Waals surface area contributed by atoms with Gasteiger partial charge in [0, 0.05) is 6.42 Å². The van der Waals surface area contributed by atoms with Crippen molar-refractivity contribution < 1.29 is 5.21 Å². The Morgan fingerprint density at radius 1 is 1.00 bits per heavy atom. The maximum atomic E-state index is 9.10. The molecule has 0 fully saturated rings. The smallest absolute Gasteiger partial charge is 0.0911 e. The van der Waals surface area contributed by atoms with Crippen LogP contribution in [-0.4, -0.2) is 10.9 Å². The lowest BCUT2D eigenvalue weighted by Crippen LogP contribution is -2.05. The minimum absolute atomic E-state index is 0.639. The Morgan fingerprint density at radius 3 is 2.24 bits per heavy atom. The molecule has 0 saturated carbocycles. The first-order valence-corrected chi connectivity index (χ1v) is 5.61.